The lowest BCUT2D eigenvalue weighted by Gasteiger charge is -2.28. The Kier molecular flexibility index (Phi) is 12.0. The van der Waals surface area contributed by atoms with Crippen LogP contribution < -0.4 is 16.0 Å². The smallest absolute Gasteiger partial charge is 0.253 e. The third kappa shape index (κ3) is 10.2. The van der Waals surface area contributed by atoms with Gasteiger partial charge in [0.2, 0.25) is 5.91 Å². The molecule has 0 unspecified atom stereocenters. The van der Waals surface area contributed by atoms with Gasteiger partial charge in [0.1, 0.15) is 0 Å². The normalized spacial score (nSPS) is 16.2. The van der Waals surface area contributed by atoms with Crippen LogP contribution in [0.25, 0.3) is 0 Å². The summed E-state index contributed by atoms with van der Waals surface area (Å²) in [6, 6.07) is 0. The maximum Gasteiger partial charge on any atom is 0.253 e. The Morgan fingerprint density at radius 2 is 1.31 bits per heavy atom. The number of hydrogen-bond donors (Lipinski definition) is 5. The van der Waals surface area contributed by atoms with E-state index in [0.29, 0.717) is 31.1 Å². The lowest BCUT2D eigenvalue weighted by Crippen LogP contribution is -2.47. The molecular formula is C24H42N6O5. The largest absolute Gasteiger partial charge is 0.411 e. The number of nitrogens with one attached hydrogen (secondary N) is 3. The van der Waals surface area contributed by atoms with Crippen LogP contribution in [0.3, 0.4) is 0 Å². The molecule has 35 heavy (non-hydrogen) atoms. The molecule has 0 aromatic carbocycles. The number of hydrogen-bond acceptors (Lipinski definition) is 9. The maximum absolute atomic E-state index is 12.2. The Morgan fingerprint density at radius 1 is 0.886 bits per heavy atom. The third-order valence-corrected chi connectivity index (χ3v) is 6.69. The van der Waals surface area contributed by atoms with E-state index in [1.165, 1.54) is 12.2 Å². The van der Waals surface area contributed by atoms with Crippen LogP contribution in [0, 0.1) is 5.92 Å². The van der Waals surface area contributed by atoms with Crippen molar-refractivity contribution in [2.75, 3.05) is 26.2 Å². The average Bonchev–Trinajstić information content (AvgIpc) is 3.12. The highest BCUT2D eigenvalue weighted by molar-refractivity contribution is 6.13. The molecular weight excluding hydrogens is 452 g/mol. The average molecular weight is 495 g/mol. The summed E-state index contributed by atoms with van der Waals surface area (Å²) in [7, 11) is 0. The molecule has 1 heterocycles. The molecule has 0 aliphatic carbocycles. The van der Waals surface area contributed by atoms with Crippen LogP contribution in [0.1, 0.15) is 67.2 Å². The molecule has 3 amide bonds. The molecule has 1 aliphatic heterocycles. The molecule has 0 aromatic rings. The second-order valence-electron chi connectivity index (χ2n) is 9.97. The van der Waals surface area contributed by atoms with Gasteiger partial charge in [-0.3, -0.25) is 19.3 Å². The number of imide groups is 1. The van der Waals surface area contributed by atoms with Crippen molar-refractivity contribution >= 4 is 29.1 Å². The van der Waals surface area contributed by atoms with Crippen molar-refractivity contribution < 1.29 is 24.8 Å². The standard InChI is InChI=1S/C24H42N6O5/c1-17(28-34)23(3,4)26-14-10-19(11-15-27-24(5,6)18(2)29-35)9-13-25-20(31)12-16-30-21(32)7-8-22(30)33/h7-8,19,26-27,34-35H,9-16H2,1-6H3,(H,25,31)/b28-17-,29-18-. The summed E-state index contributed by atoms with van der Waals surface area (Å²) in [5, 5.41) is 34.4. The molecule has 0 fully saturated rings. The first-order chi connectivity index (χ1) is 16.3. The van der Waals surface area contributed by atoms with Crippen LogP contribution >= 0.6 is 0 Å². The molecule has 0 saturated carbocycles. The van der Waals surface area contributed by atoms with Crippen LogP contribution in [-0.4, -0.2) is 81.7 Å². The van der Waals surface area contributed by atoms with Gasteiger partial charge in [-0.25, -0.2) is 0 Å². The Bertz CT molecular complexity index is 780. The molecule has 0 aromatic heterocycles. The number of oxime groups is 2. The highest BCUT2D eigenvalue weighted by Crippen LogP contribution is 2.15. The second kappa shape index (κ2) is 13.9. The van der Waals surface area contributed by atoms with Crippen LogP contribution in [0.5, 0.6) is 0 Å². The zero-order valence-corrected chi connectivity index (χ0v) is 21.8. The van der Waals surface area contributed by atoms with Gasteiger partial charge in [-0.2, -0.15) is 0 Å². The lowest BCUT2D eigenvalue weighted by atomic mass is 9.94. The summed E-state index contributed by atoms with van der Waals surface area (Å²) >= 11 is 0. The Labute approximate surface area is 208 Å². The highest BCUT2D eigenvalue weighted by Gasteiger charge is 2.25. The van der Waals surface area contributed by atoms with Crippen LogP contribution in [0.2, 0.25) is 0 Å². The van der Waals surface area contributed by atoms with Crippen molar-refractivity contribution in [3.05, 3.63) is 12.2 Å². The Hall–Kier alpha value is -2.79. The van der Waals surface area contributed by atoms with Gasteiger partial charge in [0.05, 0.1) is 22.5 Å². The fraction of sp³-hybridized carbons (Fsp3) is 0.708. The van der Waals surface area contributed by atoms with Crippen LogP contribution in [-0.2, 0) is 14.4 Å². The van der Waals surface area contributed by atoms with E-state index in [1.807, 2.05) is 27.7 Å². The molecule has 11 nitrogen and oxygen atoms in total. The number of nitrogens with zero attached hydrogens (tertiary/aromatic N) is 3. The Balaban J connectivity index is 2.56. The minimum atomic E-state index is -0.443. The van der Waals surface area contributed by atoms with Gasteiger partial charge >= 0.3 is 0 Å². The van der Waals surface area contributed by atoms with Gasteiger partial charge in [0.25, 0.3) is 11.8 Å². The van der Waals surface area contributed by atoms with Gasteiger partial charge in [0, 0.05) is 31.7 Å². The van der Waals surface area contributed by atoms with E-state index in [0.717, 1.165) is 24.2 Å². The quantitative estimate of drug-likeness (QED) is 0.0945. The van der Waals surface area contributed by atoms with Crippen LogP contribution in [0.15, 0.2) is 22.5 Å². The fourth-order valence-corrected chi connectivity index (χ4v) is 3.49. The Morgan fingerprint density at radius 3 is 1.74 bits per heavy atom. The molecule has 0 radical (unpaired) electrons. The van der Waals surface area contributed by atoms with E-state index in [1.54, 1.807) is 13.8 Å². The third-order valence-electron chi connectivity index (χ3n) is 6.69. The summed E-state index contributed by atoms with van der Waals surface area (Å²) in [5.41, 5.74) is 0.297. The predicted molar refractivity (Wildman–Crippen MR) is 135 cm³/mol. The second-order valence-corrected chi connectivity index (χ2v) is 9.97. The molecule has 0 spiro atoms. The van der Waals surface area contributed by atoms with E-state index in [-0.39, 0.29) is 24.8 Å². The summed E-state index contributed by atoms with van der Waals surface area (Å²) < 4.78 is 0. The van der Waals surface area contributed by atoms with Crippen molar-refractivity contribution in [2.45, 2.75) is 78.3 Å². The minimum Gasteiger partial charge on any atom is -0.411 e. The van der Waals surface area contributed by atoms with E-state index in [4.69, 9.17) is 10.4 Å². The van der Waals surface area contributed by atoms with Crippen molar-refractivity contribution in [1.82, 2.24) is 20.9 Å². The number of amides is 3. The van der Waals surface area contributed by atoms with Gasteiger partial charge < -0.3 is 26.4 Å². The molecule has 1 rings (SSSR count). The first-order valence-electron chi connectivity index (χ1n) is 12.0. The maximum atomic E-state index is 12.2. The van der Waals surface area contributed by atoms with Crippen molar-refractivity contribution in [2.24, 2.45) is 16.2 Å². The molecule has 198 valence electrons. The highest BCUT2D eigenvalue weighted by atomic mass is 16.4. The van der Waals surface area contributed by atoms with Crippen molar-refractivity contribution in [3.8, 4) is 0 Å². The number of rotatable bonds is 16. The number of carbonyl (C=O) groups is 3. The lowest BCUT2D eigenvalue weighted by molar-refractivity contribution is -0.137. The monoisotopic (exact) mass is 494 g/mol. The molecule has 0 saturated heterocycles. The molecule has 0 atom stereocenters. The molecule has 1 aliphatic rings. The van der Waals surface area contributed by atoms with Crippen molar-refractivity contribution in [3.63, 3.8) is 0 Å². The zero-order chi connectivity index (χ0) is 26.6. The van der Waals surface area contributed by atoms with Gasteiger partial charge in [0.15, 0.2) is 0 Å². The molecule has 0 bridgehead atoms. The molecule has 5 N–H and O–H groups in total. The van der Waals surface area contributed by atoms with Gasteiger partial charge in [-0.1, -0.05) is 10.3 Å². The first kappa shape index (κ1) is 30.2. The van der Waals surface area contributed by atoms with E-state index in [9.17, 15) is 14.4 Å². The van der Waals surface area contributed by atoms with Gasteiger partial charge in [-0.15, -0.1) is 0 Å². The minimum absolute atomic E-state index is 0.0643. The SMILES string of the molecule is C/C(=N/O)C(C)(C)NCCC(CCNC(=O)CCN1C(=O)C=CC1=O)CCNC(C)(C)/C(C)=N\O. The summed E-state index contributed by atoms with van der Waals surface area (Å²) in [6.07, 6.45) is 4.91. The van der Waals surface area contributed by atoms with Gasteiger partial charge in [-0.05, 0) is 79.8 Å². The fourth-order valence-electron chi connectivity index (χ4n) is 3.49. The van der Waals surface area contributed by atoms with Crippen molar-refractivity contribution in [1.29, 1.82) is 0 Å². The zero-order valence-electron chi connectivity index (χ0n) is 21.8. The van der Waals surface area contributed by atoms with E-state index in [2.05, 4.69) is 26.3 Å². The molecule has 11 heteroatoms. The van der Waals surface area contributed by atoms with Crippen LogP contribution in [0.4, 0.5) is 0 Å². The van der Waals surface area contributed by atoms with E-state index < -0.39 is 22.9 Å². The topological polar surface area (TPSA) is 156 Å². The summed E-state index contributed by atoms with van der Waals surface area (Å²) in [4.78, 5) is 36.5. The number of carbonyl (C=O) groups excluding carboxylic acids is 3. The van der Waals surface area contributed by atoms with E-state index >= 15 is 0 Å². The first-order valence-corrected chi connectivity index (χ1v) is 12.0. The summed E-state index contributed by atoms with van der Waals surface area (Å²) in [6.45, 7) is 13.3. The predicted octanol–water partition coefficient (Wildman–Crippen LogP) is 1.64. The summed E-state index contributed by atoms with van der Waals surface area (Å²) in [5.74, 6) is -0.710.